The molecule has 0 aromatic heterocycles. The summed E-state index contributed by atoms with van der Waals surface area (Å²) < 4.78 is 12.7. The van der Waals surface area contributed by atoms with Gasteiger partial charge in [0.05, 0.1) is 10.0 Å². The van der Waals surface area contributed by atoms with Crippen molar-refractivity contribution in [2.24, 2.45) is 0 Å². The fraction of sp³-hybridized carbons (Fsp3) is 0.188. The number of rotatable bonds is 5. The number of nitrogens with one attached hydrogen (secondary N) is 1. The van der Waals surface area contributed by atoms with Crippen LogP contribution < -0.4 is 5.32 Å². The lowest BCUT2D eigenvalue weighted by Gasteiger charge is -2.06. The Labute approximate surface area is 132 Å². The van der Waals surface area contributed by atoms with Crippen LogP contribution in [-0.2, 0) is 17.8 Å². The maximum atomic E-state index is 12.7. The summed E-state index contributed by atoms with van der Waals surface area (Å²) in [5, 5.41) is 3.78. The largest absolute Gasteiger partial charge is 0.352 e. The molecule has 2 aromatic rings. The lowest BCUT2D eigenvalue weighted by Crippen LogP contribution is -2.22. The van der Waals surface area contributed by atoms with Crippen LogP contribution in [0.5, 0.6) is 0 Å². The Bertz CT molecular complexity index is 629. The molecule has 21 heavy (non-hydrogen) atoms. The fourth-order valence-electron chi connectivity index (χ4n) is 1.84. The van der Waals surface area contributed by atoms with Crippen molar-refractivity contribution in [2.45, 2.75) is 19.4 Å². The second-order valence-electron chi connectivity index (χ2n) is 4.65. The predicted octanol–water partition coefficient (Wildman–Crippen LogP) is 4.38. The van der Waals surface area contributed by atoms with Crippen LogP contribution in [-0.4, -0.2) is 5.91 Å². The highest BCUT2D eigenvalue weighted by Gasteiger charge is 2.04. The highest BCUT2D eigenvalue weighted by Crippen LogP contribution is 2.23. The average Bonchev–Trinajstić information content (AvgIpc) is 2.48. The summed E-state index contributed by atoms with van der Waals surface area (Å²) in [6, 6.07) is 11.4. The molecule has 2 aromatic carbocycles. The van der Waals surface area contributed by atoms with E-state index in [9.17, 15) is 9.18 Å². The van der Waals surface area contributed by atoms with Gasteiger partial charge in [-0.2, -0.15) is 0 Å². The van der Waals surface area contributed by atoms with Crippen molar-refractivity contribution in [3.05, 3.63) is 69.5 Å². The lowest BCUT2D eigenvalue weighted by molar-refractivity contribution is -0.121. The second-order valence-corrected chi connectivity index (χ2v) is 5.47. The first-order chi connectivity index (χ1) is 10.0. The Morgan fingerprint density at radius 3 is 2.33 bits per heavy atom. The van der Waals surface area contributed by atoms with Gasteiger partial charge in [0.1, 0.15) is 5.82 Å². The third-order valence-corrected chi connectivity index (χ3v) is 3.77. The third-order valence-electron chi connectivity index (χ3n) is 3.03. The molecule has 2 nitrogen and oxygen atoms in total. The number of carbonyl (C=O) groups excluding carboxylic acids is 1. The van der Waals surface area contributed by atoms with Gasteiger partial charge in [-0.05, 0) is 41.8 Å². The fourth-order valence-corrected chi connectivity index (χ4v) is 2.16. The van der Waals surface area contributed by atoms with Gasteiger partial charge in [-0.1, -0.05) is 41.4 Å². The molecule has 0 bridgehead atoms. The van der Waals surface area contributed by atoms with Gasteiger partial charge in [0.2, 0.25) is 5.91 Å². The van der Waals surface area contributed by atoms with Crippen LogP contribution in [0.2, 0.25) is 10.0 Å². The maximum Gasteiger partial charge on any atom is 0.220 e. The molecule has 0 aliphatic heterocycles. The first-order valence-corrected chi connectivity index (χ1v) is 7.25. The number of aryl methyl sites for hydroxylation is 1. The number of hydrogen-bond donors (Lipinski definition) is 1. The summed E-state index contributed by atoms with van der Waals surface area (Å²) in [5.41, 5.74) is 1.82. The van der Waals surface area contributed by atoms with Gasteiger partial charge in [0.15, 0.2) is 0 Å². The van der Waals surface area contributed by atoms with Crippen LogP contribution in [0.25, 0.3) is 0 Å². The molecule has 0 fully saturated rings. The molecular formula is C16H14Cl2FNO. The molecule has 0 aliphatic rings. The topological polar surface area (TPSA) is 29.1 Å². The zero-order valence-electron chi connectivity index (χ0n) is 11.2. The molecule has 110 valence electrons. The minimum atomic E-state index is -0.287. The van der Waals surface area contributed by atoms with Crippen LogP contribution in [0.15, 0.2) is 42.5 Å². The van der Waals surface area contributed by atoms with Gasteiger partial charge >= 0.3 is 0 Å². The number of halogens is 3. The Morgan fingerprint density at radius 1 is 1.00 bits per heavy atom. The first-order valence-electron chi connectivity index (χ1n) is 6.49. The molecule has 0 radical (unpaired) electrons. The minimum absolute atomic E-state index is 0.0644. The van der Waals surface area contributed by atoms with E-state index in [0.29, 0.717) is 29.4 Å². The second kappa shape index (κ2) is 7.43. The standard InChI is InChI=1S/C16H14Cl2FNO/c17-14-7-3-11(9-15(14)18)4-8-16(21)20-10-12-1-5-13(19)6-2-12/h1-3,5-7,9H,4,8,10H2,(H,20,21). The van der Waals surface area contributed by atoms with Gasteiger partial charge < -0.3 is 5.32 Å². The Balaban J connectivity index is 1.79. The van der Waals surface area contributed by atoms with Gasteiger partial charge in [0, 0.05) is 13.0 Å². The molecule has 1 amide bonds. The van der Waals surface area contributed by atoms with Gasteiger partial charge in [-0.25, -0.2) is 4.39 Å². The summed E-state index contributed by atoms with van der Waals surface area (Å²) >= 11 is 11.8. The Kier molecular flexibility index (Phi) is 5.59. The highest BCUT2D eigenvalue weighted by atomic mass is 35.5. The average molecular weight is 326 g/mol. The lowest BCUT2D eigenvalue weighted by atomic mass is 10.1. The third kappa shape index (κ3) is 5.03. The molecule has 2 rings (SSSR count). The van der Waals surface area contributed by atoms with Gasteiger partial charge in [-0.15, -0.1) is 0 Å². The van der Waals surface area contributed by atoms with E-state index < -0.39 is 0 Å². The summed E-state index contributed by atoms with van der Waals surface area (Å²) in [6.45, 7) is 0.389. The van der Waals surface area contributed by atoms with E-state index in [1.54, 1.807) is 24.3 Å². The van der Waals surface area contributed by atoms with E-state index in [-0.39, 0.29) is 11.7 Å². The quantitative estimate of drug-likeness (QED) is 0.868. The molecule has 0 unspecified atom stereocenters. The molecule has 0 saturated heterocycles. The molecule has 0 atom stereocenters. The van der Waals surface area contributed by atoms with E-state index in [0.717, 1.165) is 11.1 Å². The molecule has 1 N–H and O–H groups in total. The van der Waals surface area contributed by atoms with Gasteiger partial charge in [0.25, 0.3) is 0 Å². The van der Waals surface area contributed by atoms with Crippen molar-refractivity contribution in [3.8, 4) is 0 Å². The summed E-state index contributed by atoms with van der Waals surface area (Å²) in [7, 11) is 0. The summed E-state index contributed by atoms with van der Waals surface area (Å²) in [5.74, 6) is -0.352. The summed E-state index contributed by atoms with van der Waals surface area (Å²) in [4.78, 5) is 11.8. The monoisotopic (exact) mass is 325 g/mol. The van der Waals surface area contributed by atoms with Crippen molar-refractivity contribution in [1.29, 1.82) is 0 Å². The van der Waals surface area contributed by atoms with Crippen molar-refractivity contribution < 1.29 is 9.18 Å². The molecule has 0 aliphatic carbocycles. The minimum Gasteiger partial charge on any atom is -0.352 e. The van der Waals surface area contributed by atoms with Crippen molar-refractivity contribution >= 4 is 29.1 Å². The van der Waals surface area contributed by atoms with Crippen LogP contribution in [0.1, 0.15) is 17.5 Å². The Hall–Kier alpha value is -1.58. The molecule has 0 heterocycles. The number of hydrogen-bond acceptors (Lipinski definition) is 1. The predicted molar refractivity (Wildman–Crippen MR) is 83.0 cm³/mol. The SMILES string of the molecule is O=C(CCc1ccc(Cl)c(Cl)c1)NCc1ccc(F)cc1. The zero-order chi connectivity index (χ0) is 15.2. The Morgan fingerprint density at radius 2 is 1.67 bits per heavy atom. The smallest absolute Gasteiger partial charge is 0.220 e. The van der Waals surface area contributed by atoms with Gasteiger partial charge in [-0.3, -0.25) is 4.79 Å². The molecular weight excluding hydrogens is 312 g/mol. The van der Waals surface area contributed by atoms with Crippen molar-refractivity contribution in [2.75, 3.05) is 0 Å². The van der Waals surface area contributed by atoms with E-state index in [2.05, 4.69) is 5.32 Å². The van der Waals surface area contributed by atoms with Crippen LogP contribution in [0.3, 0.4) is 0 Å². The number of benzene rings is 2. The van der Waals surface area contributed by atoms with Crippen molar-refractivity contribution in [1.82, 2.24) is 5.32 Å². The van der Waals surface area contributed by atoms with E-state index >= 15 is 0 Å². The molecule has 0 saturated carbocycles. The van der Waals surface area contributed by atoms with E-state index in [1.807, 2.05) is 6.07 Å². The van der Waals surface area contributed by atoms with E-state index in [4.69, 9.17) is 23.2 Å². The number of amides is 1. The van der Waals surface area contributed by atoms with Crippen LogP contribution in [0.4, 0.5) is 4.39 Å². The zero-order valence-corrected chi connectivity index (χ0v) is 12.7. The van der Waals surface area contributed by atoms with Crippen LogP contribution >= 0.6 is 23.2 Å². The van der Waals surface area contributed by atoms with Crippen LogP contribution in [0, 0.1) is 5.82 Å². The maximum absolute atomic E-state index is 12.7. The summed E-state index contributed by atoms with van der Waals surface area (Å²) in [6.07, 6.45) is 0.950. The number of carbonyl (C=O) groups is 1. The van der Waals surface area contributed by atoms with E-state index in [1.165, 1.54) is 12.1 Å². The van der Waals surface area contributed by atoms with Crippen molar-refractivity contribution in [3.63, 3.8) is 0 Å². The first kappa shape index (κ1) is 15.8. The molecule has 5 heteroatoms. The highest BCUT2D eigenvalue weighted by molar-refractivity contribution is 6.42. The molecule has 0 spiro atoms. The normalized spacial score (nSPS) is 10.4.